The molecule has 7 atom stereocenters. The van der Waals surface area contributed by atoms with Crippen molar-refractivity contribution in [2.24, 2.45) is 28.6 Å². The lowest BCUT2D eigenvalue weighted by Crippen LogP contribution is -2.59. The zero-order chi connectivity index (χ0) is 24.4. The van der Waals surface area contributed by atoms with Gasteiger partial charge < -0.3 is 4.90 Å². The summed E-state index contributed by atoms with van der Waals surface area (Å²) in [6.07, 6.45) is 14.5. The molecule has 3 saturated carbocycles. The highest BCUT2D eigenvalue weighted by Gasteiger charge is 2.60. The van der Waals surface area contributed by atoms with Crippen LogP contribution in [0.5, 0.6) is 0 Å². The number of carbonyl (C=O) groups is 2. The molecule has 2 amide bonds. The lowest BCUT2D eigenvalue weighted by molar-refractivity contribution is -0.138. The van der Waals surface area contributed by atoms with E-state index in [-0.39, 0.29) is 22.6 Å². The molecule has 7 heteroatoms. The lowest BCUT2D eigenvalue weighted by atomic mass is 9.47. The molecule has 3 heterocycles. The molecular formula is C28H34N4O2S. The Bertz CT molecular complexity index is 1180. The average molecular weight is 491 g/mol. The number of nitrogens with zero attached hydrogens (tertiary/aromatic N) is 3. The van der Waals surface area contributed by atoms with Crippen molar-refractivity contribution in [1.82, 2.24) is 14.9 Å². The molecular weight excluding hydrogens is 456 g/mol. The third-order valence-electron chi connectivity index (χ3n) is 10.2. The van der Waals surface area contributed by atoms with Gasteiger partial charge in [0.25, 0.3) is 5.91 Å². The number of hydrogen-bond acceptors (Lipinski definition) is 5. The molecule has 3 aliphatic carbocycles. The number of amides is 2. The van der Waals surface area contributed by atoms with Crippen LogP contribution < -0.4 is 5.32 Å². The maximum Gasteiger partial charge on any atom is 0.257 e. The molecule has 2 unspecified atom stereocenters. The van der Waals surface area contributed by atoms with Gasteiger partial charge in [-0.05, 0) is 79.9 Å². The van der Waals surface area contributed by atoms with Crippen LogP contribution in [0.4, 0.5) is 5.13 Å². The molecule has 1 aliphatic heterocycles. The summed E-state index contributed by atoms with van der Waals surface area (Å²) in [5.41, 5.74) is 2.06. The molecule has 1 N–H and O–H groups in total. The summed E-state index contributed by atoms with van der Waals surface area (Å²) in [4.78, 5) is 35.8. The highest BCUT2D eigenvalue weighted by Crippen LogP contribution is 2.67. The lowest BCUT2D eigenvalue weighted by Gasteiger charge is -2.60. The largest absolute Gasteiger partial charge is 0.338 e. The minimum atomic E-state index is -0.140. The fourth-order valence-corrected chi connectivity index (χ4v) is 9.16. The van der Waals surface area contributed by atoms with E-state index in [1.807, 2.05) is 18.0 Å². The van der Waals surface area contributed by atoms with E-state index >= 15 is 0 Å². The number of carbonyl (C=O) groups excluding carboxylic acids is 2. The second kappa shape index (κ2) is 8.26. The predicted octanol–water partition coefficient (Wildman–Crippen LogP) is 5.51. The van der Waals surface area contributed by atoms with Crippen LogP contribution in [-0.2, 0) is 4.79 Å². The third kappa shape index (κ3) is 3.49. The zero-order valence-electron chi connectivity index (χ0n) is 20.7. The van der Waals surface area contributed by atoms with Gasteiger partial charge in [0.05, 0.1) is 5.69 Å². The number of hydrogen-bond donors (Lipinski definition) is 1. The topological polar surface area (TPSA) is 75.2 Å². The summed E-state index contributed by atoms with van der Waals surface area (Å²) in [5.74, 6) is 2.48. The van der Waals surface area contributed by atoms with Crippen LogP contribution in [0.25, 0.3) is 0 Å². The summed E-state index contributed by atoms with van der Waals surface area (Å²) < 4.78 is 0. The van der Waals surface area contributed by atoms with E-state index in [0.717, 1.165) is 12.1 Å². The smallest absolute Gasteiger partial charge is 0.257 e. The van der Waals surface area contributed by atoms with Crippen LogP contribution in [-0.4, -0.2) is 39.8 Å². The molecule has 2 aromatic heterocycles. The summed E-state index contributed by atoms with van der Waals surface area (Å²) in [6, 6.07) is 3.76. The molecule has 184 valence electrons. The number of pyridine rings is 1. The van der Waals surface area contributed by atoms with E-state index in [4.69, 9.17) is 4.98 Å². The Morgan fingerprint density at radius 2 is 1.91 bits per heavy atom. The first-order chi connectivity index (χ1) is 16.8. The van der Waals surface area contributed by atoms with E-state index in [9.17, 15) is 9.59 Å². The molecule has 35 heavy (non-hydrogen) atoms. The van der Waals surface area contributed by atoms with E-state index in [1.165, 1.54) is 43.4 Å². The predicted molar refractivity (Wildman–Crippen MR) is 137 cm³/mol. The Kier molecular flexibility index (Phi) is 5.40. The van der Waals surface area contributed by atoms with E-state index in [1.54, 1.807) is 24.5 Å². The minimum Gasteiger partial charge on any atom is -0.338 e. The first-order valence-corrected chi connectivity index (χ1v) is 13.8. The molecule has 6 rings (SSSR count). The first-order valence-electron chi connectivity index (χ1n) is 12.9. The van der Waals surface area contributed by atoms with Crippen LogP contribution in [0, 0.1) is 28.6 Å². The Morgan fingerprint density at radius 3 is 2.71 bits per heavy atom. The fraction of sp³-hybridized carbons (Fsp3) is 0.571. The van der Waals surface area contributed by atoms with Gasteiger partial charge in [-0.25, -0.2) is 4.98 Å². The standard InChI is InChI=1S/C28H34N4O2S/c1-27-12-8-20-18(4-7-23-28(20,2)13-9-24(33)32(23)3)19(27)5-6-21(27)22-16-35-26(30-22)31-25(34)17-10-14-29-15-11-17/h9-11,13-16,18-21,23H,4-8,12H2,1-3H3,(H,30,31,34)/t18-,19-,20+,21?,23?,27-,28+/m0/s1. The number of aromatic nitrogens is 2. The normalized spacial score (nSPS) is 38.0. The molecule has 6 nitrogen and oxygen atoms in total. The molecule has 4 aliphatic rings. The van der Waals surface area contributed by atoms with E-state index in [0.29, 0.717) is 40.4 Å². The Labute approximate surface area is 211 Å². The van der Waals surface area contributed by atoms with Crippen molar-refractivity contribution in [3.8, 4) is 0 Å². The van der Waals surface area contributed by atoms with Gasteiger partial charge in [0.2, 0.25) is 5.91 Å². The van der Waals surface area contributed by atoms with Gasteiger partial charge >= 0.3 is 0 Å². The van der Waals surface area contributed by atoms with E-state index < -0.39 is 0 Å². The van der Waals surface area contributed by atoms with Gasteiger partial charge in [0.1, 0.15) is 0 Å². The molecule has 3 fully saturated rings. The van der Waals surface area contributed by atoms with Crippen LogP contribution in [0.2, 0.25) is 0 Å². The molecule has 0 spiro atoms. The molecule has 2 aromatic rings. The molecule has 0 radical (unpaired) electrons. The van der Waals surface area contributed by atoms with Gasteiger partial charge in [-0.1, -0.05) is 19.9 Å². The zero-order valence-corrected chi connectivity index (χ0v) is 21.6. The Morgan fingerprint density at radius 1 is 1.11 bits per heavy atom. The van der Waals surface area contributed by atoms with Crippen LogP contribution >= 0.6 is 11.3 Å². The van der Waals surface area contributed by atoms with Crippen molar-refractivity contribution in [2.45, 2.75) is 64.3 Å². The SMILES string of the molecule is CN1C(=O)C=C[C@@]2(C)C1CC[C@@H]1[C@H]2CC[C@]2(C)C(c3csc(NC(=O)c4ccncc4)n3)CC[C@@H]12. The molecule has 0 saturated heterocycles. The van der Waals surface area contributed by atoms with Crippen molar-refractivity contribution in [1.29, 1.82) is 0 Å². The Balaban J connectivity index is 1.21. The maximum atomic E-state index is 12.6. The van der Waals surface area contributed by atoms with Crippen LogP contribution in [0.15, 0.2) is 42.1 Å². The summed E-state index contributed by atoms with van der Waals surface area (Å²) in [6.45, 7) is 4.90. The summed E-state index contributed by atoms with van der Waals surface area (Å²) in [5, 5.41) is 5.82. The van der Waals surface area contributed by atoms with E-state index in [2.05, 4.69) is 35.6 Å². The third-order valence-corrected chi connectivity index (χ3v) is 10.9. The molecule has 0 bridgehead atoms. The summed E-state index contributed by atoms with van der Waals surface area (Å²) >= 11 is 1.53. The second-order valence-corrected chi connectivity index (χ2v) is 12.4. The van der Waals surface area contributed by atoms with Crippen molar-refractivity contribution >= 4 is 28.3 Å². The number of anilines is 1. The maximum absolute atomic E-state index is 12.6. The van der Waals surface area contributed by atoms with Gasteiger partial charge in [-0.2, -0.15) is 0 Å². The Hall–Kier alpha value is -2.54. The van der Waals surface area contributed by atoms with Gasteiger partial charge in [0.15, 0.2) is 5.13 Å². The van der Waals surface area contributed by atoms with Crippen molar-refractivity contribution in [3.05, 3.63) is 53.3 Å². The van der Waals surface area contributed by atoms with Crippen LogP contribution in [0.1, 0.15) is 74.3 Å². The average Bonchev–Trinajstić information content (AvgIpc) is 3.45. The minimum absolute atomic E-state index is 0.0794. The van der Waals surface area contributed by atoms with Crippen LogP contribution in [0.3, 0.4) is 0 Å². The summed E-state index contributed by atoms with van der Waals surface area (Å²) in [7, 11) is 1.99. The van der Waals surface area contributed by atoms with Gasteiger partial charge in [-0.15, -0.1) is 11.3 Å². The van der Waals surface area contributed by atoms with Crippen molar-refractivity contribution in [3.63, 3.8) is 0 Å². The van der Waals surface area contributed by atoms with Crippen molar-refractivity contribution in [2.75, 3.05) is 12.4 Å². The number of likely N-dealkylation sites (N-methyl/N-ethyl adjacent to an activating group) is 1. The highest BCUT2D eigenvalue weighted by atomic mass is 32.1. The highest BCUT2D eigenvalue weighted by molar-refractivity contribution is 7.14. The molecule has 0 aromatic carbocycles. The monoisotopic (exact) mass is 490 g/mol. The number of fused-ring (bicyclic) bond motifs is 5. The van der Waals surface area contributed by atoms with Gasteiger partial charge in [0, 0.05) is 47.8 Å². The number of thiazole rings is 1. The second-order valence-electron chi connectivity index (χ2n) is 11.6. The quantitative estimate of drug-likeness (QED) is 0.615. The number of rotatable bonds is 3. The first kappa shape index (κ1) is 22.9. The number of nitrogens with one attached hydrogen (secondary N) is 1. The van der Waals surface area contributed by atoms with Gasteiger partial charge in [-0.3, -0.25) is 19.9 Å². The van der Waals surface area contributed by atoms with Crippen molar-refractivity contribution < 1.29 is 9.59 Å². The fourth-order valence-electron chi connectivity index (χ4n) is 8.40.